The van der Waals surface area contributed by atoms with E-state index in [0.29, 0.717) is 24.7 Å². The van der Waals surface area contributed by atoms with Gasteiger partial charge in [0.2, 0.25) is 10.0 Å². The van der Waals surface area contributed by atoms with Crippen molar-refractivity contribution in [3.8, 4) is 0 Å². The molecular weight excluding hydrogens is 382 g/mol. The van der Waals surface area contributed by atoms with Crippen LogP contribution in [-0.2, 0) is 14.8 Å². The minimum Gasteiger partial charge on any atom is -0.372 e. The third kappa shape index (κ3) is 4.82. The van der Waals surface area contributed by atoms with E-state index >= 15 is 0 Å². The number of anilines is 1. The highest BCUT2D eigenvalue weighted by atomic mass is 32.2. The van der Waals surface area contributed by atoms with Gasteiger partial charge in [-0.15, -0.1) is 0 Å². The first-order valence-corrected chi connectivity index (χ1v) is 11.3. The summed E-state index contributed by atoms with van der Waals surface area (Å²) in [6.45, 7) is 7.05. The van der Waals surface area contributed by atoms with E-state index in [2.05, 4.69) is 11.6 Å². The number of hydrogen-bond acceptors (Lipinski definition) is 6. The average Bonchev–Trinajstić information content (AvgIpc) is 2.62. The fourth-order valence-corrected chi connectivity index (χ4v) is 5.45. The van der Waals surface area contributed by atoms with E-state index < -0.39 is 14.9 Å². The number of nitrogens with one attached hydrogen (secondary N) is 1. The van der Waals surface area contributed by atoms with Crippen LogP contribution in [0.25, 0.3) is 0 Å². The van der Waals surface area contributed by atoms with Crippen molar-refractivity contribution in [2.24, 2.45) is 5.92 Å². The van der Waals surface area contributed by atoms with Crippen LogP contribution in [-0.4, -0.2) is 44.7 Å². The molecule has 1 saturated heterocycles. The molecule has 0 bridgehead atoms. The molecule has 156 valence electrons. The van der Waals surface area contributed by atoms with Crippen LogP contribution in [0.4, 0.5) is 11.4 Å². The topological polar surface area (TPSA) is 102 Å². The van der Waals surface area contributed by atoms with Crippen LogP contribution < -0.4 is 9.62 Å². The lowest BCUT2D eigenvalue weighted by molar-refractivity contribution is -0.384. The maximum absolute atomic E-state index is 12.8. The van der Waals surface area contributed by atoms with Gasteiger partial charge in [0.05, 0.1) is 22.0 Å². The van der Waals surface area contributed by atoms with Gasteiger partial charge >= 0.3 is 0 Å². The summed E-state index contributed by atoms with van der Waals surface area (Å²) < 4.78 is 34.0. The normalized spacial score (nSPS) is 28.9. The van der Waals surface area contributed by atoms with Gasteiger partial charge in [-0.3, -0.25) is 10.1 Å². The minimum atomic E-state index is -3.80. The van der Waals surface area contributed by atoms with E-state index in [1.165, 1.54) is 12.1 Å². The molecule has 1 aliphatic heterocycles. The Labute approximate surface area is 166 Å². The molecule has 1 saturated carbocycles. The smallest absolute Gasteiger partial charge is 0.293 e. The monoisotopic (exact) mass is 411 g/mol. The molecule has 0 radical (unpaired) electrons. The molecule has 1 aromatic rings. The molecule has 2 fully saturated rings. The standard InChI is InChI=1S/C19H29N3O5S/c1-13-4-6-16(7-5-13)20-28(25,26)17-8-9-18(19(10-17)22(23)24)21-11-14(2)27-15(3)12-21/h8-10,13-16,20H,4-7,11-12H2,1-3H3/t13?,14-,15-,16?/m1/s1. The van der Waals surface area contributed by atoms with E-state index in [0.717, 1.165) is 25.7 Å². The maximum atomic E-state index is 12.8. The van der Waals surface area contributed by atoms with Crippen LogP contribution in [0.15, 0.2) is 23.1 Å². The predicted octanol–water partition coefficient (Wildman–Crippen LogP) is 3.07. The quantitative estimate of drug-likeness (QED) is 0.590. The summed E-state index contributed by atoms with van der Waals surface area (Å²) in [5, 5.41) is 11.7. The first-order chi connectivity index (χ1) is 13.2. The summed E-state index contributed by atoms with van der Waals surface area (Å²) in [5.41, 5.74) is 0.235. The van der Waals surface area contributed by atoms with Crippen molar-refractivity contribution in [3.63, 3.8) is 0 Å². The summed E-state index contributed by atoms with van der Waals surface area (Å²) in [6, 6.07) is 4.07. The minimum absolute atomic E-state index is 0.0536. The molecule has 8 nitrogen and oxygen atoms in total. The van der Waals surface area contributed by atoms with Crippen molar-refractivity contribution in [1.29, 1.82) is 0 Å². The van der Waals surface area contributed by atoms with Gasteiger partial charge in [-0.2, -0.15) is 0 Å². The van der Waals surface area contributed by atoms with Crippen LogP contribution in [0.2, 0.25) is 0 Å². The molecule has 3 rings (SSSR count). The molecule has 0 spiro atoms. The van der Waals surface area contributed by atoms with Crippen LogP contribution >= 0.6 is 0 Å². The summed E-state index contributed by atoms with van der Waals surface area (Å²) in [7, 11) is -3.80. The summed E-state index contributed by atoms with van der Waals surface area (Å²) in [4.78, 5) is 13.0. The third-order valence-electron chi connectivity index (χ3n) is 5.55. The van der Waals surface area contributed by atoms with Crippen LogP contribution in [0.3, 0.4) is 0 Å². The van der Waals surface area contributed by atoms with Crippen molar-refractivity contribution in [3.05, 3.63) is 28.3 Å². The van der Waals surface area contributed by atoms with Crippen molar-refractivity contribution >= 4 is 21.4 Å². The third-order valence-corrected chi connectivity index (χ3v) is 7.07. The molecular formula is C19H29N3O5S. The fourth-order valence-electron chi connectivity index (χ4n) is 4.12. The predicted molar refractivity (Wildman–Crippen MR) is 107 cm³/mol. The molecule has 0 aromatic heterocycles. The lowest BCUT2D eigenvalue weighted by Gasteiger charge is -2.36. The molecule has 0 unspecified atom stereocenters. The van der Waals surface area contributed by atoms with Crippen LogP contribution in [0.1, 0.15) is 46.5 Å². The van der Waals surface area contributed by atoms with Gasteiger partial charge in [0.1, 0.15) is 5.69 Å². The maximum Gasteiger partial charge on any atom is 0.293 e. The van der Waals surface area contributed by atoms with E-state index in [1.807, 2.05) is 18.7 Å². The highest BCUT2D eigenvalue weighted by Crippen LogP contribution is 2.33. The van der Waals surface area contributed by atoms with Gasteiger partial charge in [-0.1, -0.05) is 6.92 Å². The van der Waals surface area contributed by atoms with Gasteiger partial charge in [-0.25, -0.2) is 13.1 Å². The Morgan fingerprint density at radius 2 is 1.71 bits per heavy atom. The second-order valence-corrected chi connectivity index (χ2v) is 9.86. The first-order valence-electron chi connectivity index (χ1n) is 9.87. The Balaban J connectivity index is 1.85. The van der Waals surface area contributed by atoms with Crippen molar-refractivity contribution in [2.45, 2.75) is 69.6 Å². The Hall–Kier alpha value is -1.71. The number of rotatable bonds is 5. The first kappa shape index (κ1) is 21.0. The van der Waals surface area contributed by atoms with Gasteiger partial charge < -0.3 is 9.64 Å². The number of benzene rings is 1. The number of nitro benzene ring substituents is 1. The number of nitrogens with zero attached hydrogens (tertiary/aromatic N) is 2. The number of hydrogen-bond donors (Lipinski definition) is 1. The van der Waals surface area contributed by atoms with Gasteiger partial charge in [0, 0.05) is 25.2 Å². The van der Waals surface area contributed by atoms with E-state index in [9.17, 15) is 18.5 Å². The molecule has 1 heterocycles. The zero-order chi connectivity index (χ0) is 20.5. The Morgan fingerprint density at radius 3 is 2.29 bits per heavy atom. The Morgan fingerprint density at radius 1 is 1.11 bits per heavy atom. The Kier molecular flexibility index (Phi) is 6.26. The molecule has 28 heavy (non-hydrogen) atoms. The zero-order valence-electron chi connectivity index (χ0n) is 16.6. The zero-order valence-corrected chi connectivity index (χ0v) is 17.4. The van der Waals surface area contributed by atoms with Crippen molar-refractivity contribution in [1.82, 2.24) is 4.72 Å². The Bertz CT molecular complexity index is 811. The molecule has 2 aliphatic rings. The lowest BCUT2D eigenvalue weighted by atomic mass is 9.88. The van der Waals surface area contributed by atoms with E-state index in [4.69, 9.17) is 4.74 Å². The lowest BCUT2D eigenvalue weighted by Crippen LogP contribution is -2.45. The molecule has 2 atom stereocenters. The van der Waals surface area contributed by atoms with Gasteiger partial charge in [-0.05, 0) is 57.6 Å². The fraction of sp³-hybridized carbons (Fsp3) is 0.684. The highest BCUT2D eigenvalue weighted by molar-refractivity contribution is 7.89. The molecule has 0 amide bonds. The number of sulfonamides is 1. The van der Waals surface area contributed by atoms with E-state index in [1.54, 1.807) is 6.07 Å². The van der Waals surface area contributed by atoms with E-state index in [-0.39, 0.29) is 28.8 Å². The summed E-state index contributed by atoms with van der Waals surface area (Å²) >= 11 is 0. The second-order valence-electron chi connectivity index (χ2n) is 8.15. The van der Waals surface area contributed by atoms with Crippen molar-refractivity contribution < 1.29 is 18.1 Å². The second kappa shape index (κ2) is 8.34. The molecule has 9 heteroatoms. The van der Waals surface area contributed by atoms with Crippen molar-refractivity contribution in [2.75, 3.05) is 18.0 Å². The number of nitro groups is 1. The average molecular weight is 412 g/mol. The molecule has 1 aromatic carbocycles. The molecule has 1 N–H and O–H groups in total. The summed E-state index contributed by atoms with van der Waals surface area (Å²) in [6.07, 6.45) is 3.46. The highest BCUT2D eigenvalue weighted by Gasteiger charge is 2.30. The number of ether oxygens (including phenoxy) is 1. The summed E-state index contributed by atoms with van der Waals surface area (Å²) in [5.74, 6) is 0.611. The SMILES string of the molecule is CC1CCC(NS(=O)(=O)c2ccc(N3C[C@@H](C)O[C@H](C)C3)c([N+](=O)[O-])c2)CC1. The largest absolute Gasteiger partial charge is 0.372 e. The van der Waals surface area contributed by atoms with Gasteiger partial charge in [0.25, 0.3) is 5.69 Å². The van der Waals surface area contributed by atoms with Crippen LogP contribution in [0, 0.1) is 16.0 Å². The number of morpholine rings is 1. The van der Waals surface area contributed by atoms with Gasteiger partial charge in [0.15, 0.2) is 0 Å². The van der Waals surface area contributed by atoms with Crippen LogP contribution in [0.5, 0.6) is 0 Å². The molecule has 1 aliphatic carbocycles.